The lowest BCUT2D eigenvalue weighted by Crippen LogP contribution is -1.88. The Morgan fingerprint density at radius 2 is 1.83 bits per heavy atom. The van der Waals surface area contributed by atoms with E-state index in [2.05, 4.69) is 20.2 Å². The maximum Gasteiger partial charge on any atom is 0.283 e. The third-order valence-electron chi connectivity index (χ3n) is 3.17. The molecule has 4 aromatic rings. The van der Waals surface area contributed by atoms with Gasteiger partial charge in [-0.15, -0.1) is 10.2 Å². The van der Waals surface area contributed by atoms with E-state index in [1.54, 1.807) is 6.07 Å². The lowest BCUT2D eigenvalue weighted by Gasteiger charge is -2.01. The number of aromatic nitrogens is 4. The van der Waals surface area contributed by atoms with Gasteiger partial charge in [-0.3, -0.25) is 0 Å². The van der Waals surface area contributed by atoms with E-state index in [4.69, 9.17) is 4.42 Å². The van der Waals surface area contributed by atoms with Gasteiger partial charge in [-0.05, 0) is 42.1 Å². The maximum absolute atomic E-state index is 13.5. The van der Waals surface area contributed by atoms with E-state index < -0.39 is 0 Å². The molecule has 0 amide bonds. The number of nitrogens with zero attached hydrogens (tertiary/aromatic N) is 4. The highest BCUT2D eigenvalue weighted by Gasteiger charge is 2.13. The molecule has 2 aromatic carbocycles. The van der Waals surface area contributed by atoms with Gasteiger partial charge >= 0.3 is 0 Å². The van der Waals surface area contributed by atoms with Gasteiger partial charge in [-0.2, -0.15) is 0 Å². The van der Waals surface area contributed by atoms with Crippen LogP contribution in [0.15, 0.2) is 69.5 Å². The monoisotopic (exact) mass is 324 g/mol. The normalized spacial score (nSPS) is 11.0. The minimum Gasteiger partial charge on any atom is -0.411 e. The molecule has 0 unspecified atom stereocenters. The summed E-state index contributed by atoms with van der Waals surface area (Å²) < 4.78 is 19.1. The first-order valence-corrected chi connectivity index (χ1v) is 7.58. The maximum atomic E-state index is 13.5. The molecule has 0 aliphatic carbocycles. The molecule has 2 aromatic heterocycles. The Bertz CT molecular complexity index is 974. The van der Waals surface area contributed by atoms with E-state index in [0.29, 0.717) is 27.0 Å². The first-order valence-electron chi connectivity index (χ1n) is 6.77. The molecule has 0 fully saturated rings. The Balaban J connectivity index is 1.69. The second kappa shape index (κ2) is 5.77. The highest BCUT2D eigenvalue weighted by atomic mass is 32.2. The van der Waals surface area contributed by atoms with E-state index in [1.165, 1.54) is 30.2 Å². The number of fused-ring (bicyclic) bond motifs is 1. The summed E-state index contributed by atoms with van der Waals surface area (Å²) >= 11 is 1.18. The Labute approximate surface area is 134 Å². The van der Waals surface area contributed by atoms with E-state index >= 15 is 0 Å². The van der Waals surface area contributed by atoms with Crippen molar-refractivity contribution < 1.29 is 8.81 Å². The van der Waals surface area contributed by atoms with Gasteiger partial charge in [0.05, 0.1) is 5.52 Å². The van der Waals surface area contributed by atoms with E-state index in [9.17, 15) is 4.39 Å². The third kappa shape index (κ3) is 2.78. The van der Waals surface area contributed by atoms with E-state index in [1.807, 2.05) is 30.3 Å². The smallest absolute Gasteiger partial charge is 0.283 e. The molecule has 0 saturated carbocycles. The number of hydrogen-bond donors (Lipinski definition) is 0. The van der Waals surface area contributed by atoms with Gasteiger partial charge in [0.1, 0.15) is 17.2 Å². The van der Waals surface area contributed by atoms with Crippen LogP contribution in [-0.2, 0) is 0 Å². The van der Waals surface area contributed by atoms with Crippen molar-refractivity contribution in [1.29, 1.82) is 0 Å². The molecule has 7 heteroatoms. The summed E-state index contributed by atoms with van der Waals surface area (Å²) in [6.07, 6.45) is 1.43. The van der Waals surface area contributed by atoms with Crippen molar-refractivity contribution in [3.05, 3.63) is 60.7 Å². The number of benzene rings is 2. The van der Waals surface area contributed by atoms with Crippen LogP contribution < -0.4 is 0 Å². The van der Waals surface area contributed by atoms with Crippen LogP contribution in [0.4, 0.5) is 4.39 Å². The van der Waals surface area contributed by atoms with Crippen LogP contribution in [0.1, 0.15) is 0 Å². The fourth-order valence-electron chi connectivity index (χ4n) is 2.12. The Morgan fingerprint density at radius 3 is 2.70 bits per heavy atom. The molecule has 5 nitrogen and oxygen atoms in total. The molecule has 112 valence electrons. The van der Waals surface area contributed by atoms with Gasteiger partial charge in [0.15, 0.2) is 0 Å². The third-order valence-corrected chi connectivity index (χ3v) is 4.03. The number of hydrogen-bond acceptors (Lipinski definition) is 6. The summed E-state index contributed by atoms with van der Waals surface area (Å²) in [7, 11) is 0. The van der Waals surface area contributed by atoms with Crippen molar-refractivity contribution in [1.82, 2.24) is 20.2 Å². The molecule has 0 atom stereocenters. The fourth-order valence-corrected chi connectivity index (χ4v) is 2.86. The standard InChI is InChI=1S/C16H9FN4OS/c17-11-6-7-13-12(8-11)15(19-9-18-13)23-16-21-20-14(22-16)10-4-2-1-3-5-10/h1-9H. The Kier molecular flexibility index (Phi) is 3.47. The molecule has 0 radical (unpaired) electrons. The molecule has 4 rings (SSSR count). The zero-order valence-corrected chi connectivity index (χ0v) is 12.5. The molecular formula is C16H9FN4OS. The van der Waals surface area contributed by atoms with Crippen molar-refractivity contribution >= 4 is 22.7 Å². The summed E-state index contributed by atoms with van der Waals surface area (Å²) in [4.78, 5) is 8.30. The van der Waals surface area contributed by atoms with Crippen molar-refractivity contribution in [2.24, 2.45) is 0 Å². The highest BCUT2D eigenvalue weighted by Crippen LogP contribution is 2.32. The zero-order valence-electron chi connectivity index (χ0n) is 11.7. The molecule has 0 aliphatic rings. The van der Waals surface area contributed by atoms with Gasteiger partial charge < -0.3 is 4.42 Å². The summed E-state index contributed by atoms with van der Waals surface area (Å²) in [6, 6.07) is 13.8. The Morgan fingerprint density at radius 1 is 0.957 bits per heavy atom. The average molecular weight is 324 g/mol. The van der Waals surface area contributed by atoms with Crippen LogP contribution >= 0.6 is 11.8 Å². The predicted octanol–water partition coefficient (Wildman–Crippen LogP) is 3.97. The predicted molar refractivity (Wildman–Crippen MR) is 83.4 cm³/mol. The first kappa shape index (κ1) is 13.8. The quantitative estimate of drug-likeness (QED) is 0.531. The van der Waals surface area contributed by atoms with E-state index in [0.717, 1.165) is 5.56 Å². The van der Waals surface area contributed by atoms with Crippen LogP contribution in [0, 0.1) is 5.82 Å². The number of rotatable bonds is 3. The summed E-state index contributed by atoms with van der Waals surface area (Å²) in [5.74, 6) is 0.0855. The molecule has 2 heterocycles. The minimum atomic E-state index is -0.343. The van der Waals surface area contributed by atoms with E-state index in [-0.39, 0.29) is 5.82 Å². The van der Waals surface area contributed by atoms with Gasteiger partial charge in [0.25, 0.3) is 5.22 Å². The number of halogens is 1. The van der Waals surface area contributed by atoms with Crippen LogP contribution in [0.25, 0.3) is 22.4 Å². The molecule has 0 N–H and O–H groups in total. The van der Waals surface area contributed by atoms with Crippen molar-refractivity contribution in [3.63, 3.8) is 0 Å². The van der Waals surface area contributed by atoms with Gasteiger partial charge in [0.2, 0.25) is 5.89 Å². The lowest BCUT2D eigenvalue weighted by atomic mass is 10.2. The van der Waals surface area contributed by atoms with Gasteiger partial charge in [0, 0.05) is 10.9 Å². The first-order chi connectivity index (χ1) is 11.3. The van der Waals surface area contributed by atoms with Crippen LogP contribution in [0.3, 0.4) is 0 Å². The van der Waals surface area contributed by atoms with Crippen molar-refractivity contribution in [2.75, 3.05) is 0 Å². The second-order valence-electron chi connectivity index (χ2n) is 4.68. The second-order valence-corrected chi connectivity index (χ2v) is 5.62. The summed E-state index contributed by atoms with van der Waals surface area (Å²) in [5, 5.41) is 9.55. The highest BCUT2D eigenvalue weighted by molar-refractivity contribution is 7.99. The van der Waals surface area contributed by atoms with Crippen LogP contribution in [0.5, 0.6) is 0 Å². The topological polar surface area (TPSA) is 64.7 Å². The zero-order chi connectivity index (χ0) is 15.6. The molecule has 23 heavy (non-hydrogen) atoms. The van der Waals surface area contributed by atoms with Gasteiger partial charge in [-0.25, -0.2) is 14.4 Å². The van der Waals surface area contributed by atoms with Crippen LogP contribution in [-0.4, -0.2) is 20.2 Å². The van der Waals surface area contributed by atoms with Crippen molar-refractivity contribution in [3.8, 4) is 11.5 Å². The molecule has 0 aliphatic heterocycles. The Hall–Kier alpha value is -2.80. The minimum absolute atomic E-state index is 0.341. The molecular weight excluding hydrogens is 315 g/mol. The van der Waals surface area contributed by atoms with Gasteiger partial charge in [-0.1, -0.05) is 18.2 Å². The lowest BCUT2D eigenvalue weighted by molar-refractivity contribution is 0.465. The van der Waals surface area contributed by atoms with Crippen molar-refractivity contribution in [2.45, 2.75) is 10.2 Å². The van der Waals surface area contributed by atoms with Crippen LogP contribution in [0.2, 0.25) is 0 Å². The SMILES string of the molecule is Fc1ccc2ncnc(Sc3nnc(-c4ccccc4)o3)c2c1. The summed E-state index contributed by atoms with van der Waals surface area (Å²) in [5.41, 5.74) is 1.50. The summed E-state index contributed by atoms with van der Waals surface area (Å²) in [6.45, 7) is 0. The molecule has 0 spiro atoms. The molecule has 0 saturated heterocycles. The fraction of sp³-hybridized carbons (Fsp3) is 0. The largest absolute Gasteiger partial charge is 0.411 e. The average Bonchev–Trinajstić information content (AvgIpc) is 3.05. The molecule has 0 bridgehead atoms.